The van der Waals surface area contributed by atoms with E-state index in [0.29, 0.717) is 17.1 Å². The van der Waals surface area contributed by atoms with Crippen LogP contribution in [0.4, 0.5) is 19.0 Å². The summed E-state index contributed by atoms with van der Waals surface area (Å²) in [7, 11) is 0. The first-order chi connectivity index (χ1) is 9.88. The first-order valence-electron chi connectivity index (χ1n) is 6.38. The average molecular weight is 295 g/mol. The van der Waals surface area contributed by atoms with Gasteiger partial charge in [0, 0.05) is 23.6 Å². The Labute approximate surface area is 118 Å². The summed E-state index contributed by atoms with van der Waals surface area (Å²) in [6, 6.07) is 5.35. The van der Waals surface area contributed by atoms with Gasteiger partial charge in [0.15, 0.2) is 5.82 Å². The van der Waals surface area contributed by atoms with Gasteiger partial charge < -0.3 is 5.32 Å². The minimum atomic E-state index is -4.46. The van der Waals surface area contributed by atoms with Crippen molar-refractivity contribution in [2.75, 3.05) is 5.32 Å². The third-order valence-corrected chi connectivity index (χ3v) is 3.63. The van der Waals surface area contributed by atoms with E-state index in [4.69, 9.17) is 0 Å². The lowest BCUT2D eigenvalue weighted by molar-refractivity contribution is -0.138. The fourth-order valence-electron chi connectivity index (χ4n) is 2.75. The highest BCUT2D eigenvalue weighted by Gasteiger charge is 2.38. The van der Waals surface area contributed by atoms with Crippen LogP contribution in [0.25, 0.3) is 0 Å². The van der Waals surface area contributed by atoms with Crippen molar-refractivity contribution in [1.82, 2.24) is 10.2 Å². The maximum absolute atomic E-state index is 13.2. The van der Waals surface area contributed by atoms with Gasteiger partial charge in [-0.25, -0.2) is 0 Å². The summed E-state index contributed by atoms with van der Waals surface area (Å²) < 4.78 is 39.5. The van der Waals surface area contributed by atoms with Gasteiger partial charge in [0.25, 0.3) is 0 Å². The number of alkyl halides is 3. The molecule has 1 unspecified atom stereocenters. The molecular formula is C14H12F3N3O. The SMILES string of the molecule is Cc1[nH]nc2c1C(c1ccccc1C(F)(F)F)CC(=O)N2. The number of amides is 1. The number of carbonyl (C=O) groups is 1. The predicted octanol–water partition coefficient (Wildman–Crippen LogP) is 3.21. The summed E-state index contributed by atoms with van der Waals surface area (Å²) in [4.78, 5) is 11.7. The van der Waals surface area contributed by atoms with Crippen LogP contribution in [0.2, 0.25) is 0 Å². The number of H-pyrrole nitrogens is 1. The largest absolute Gasteiger partial charge is 0.416 e. The number of rotatable bonds is 1. The van der Waals surface area contributed by atoms with Crippen LogP contribution in [0.1, 0.15) is 34.7 Å². The van der Waals surface area contributed by atoms with Crippen molar-refractivity contribution < 1.29 is 18.0 Å². The second-order valence-electron chi connectivity index (χ2n) is 5.00. The van der Waals surface area contributed by atoms with Crippen LogP contribution in [-0.2, 0) is 11.0 Å². The molecule has 0 bridgehead atoms. The van der Waals surface area contributed by atoms with Gasteiger partial charge in [-0.2, -0.15) is 18.3 Å². The number of halogens is 3. The van der Waals surface area contributed by atoms with Crippen molar-refractivity contribution in [3.63, 3.8) is 0 Å². The maximum atomic E-state index is 13.2. The molecule has 1 aliphatic heterocycles. The fraction of sp³-hybridized carbons (Fsp3) is 0.286. The van der Waals surface area contributed by atoms with Crippen molar-refractivity contribution >= 4 is 11.7 Å². The number of aromatic amines is 1. The molecule has 110 valence electrons. The standard InChI is InChI=1S/C14H12F3N3O/c1-7-12-9(6-11(21)18-13(12)20-19-7)8-4-2-3-5-10(8)14(15,16)17/h2-5,9H,6H2,1H3,(H2,18,19,20,21). The van der Waals surface area contributed by atoms with Gasteiger partial charge >= 0.3 is 6.18 Å². The van der Waals surface area contributed by atoms with Crippen molar-refractivity contribution in [3.8, 4) is 0 Å². The lowest BCUT2D eigenvalue weighted by Gasteiger charge is -2.25. The Morgan fingerprint density at radius 2 is 2.00 bits per heavy atom. The molecule has 3 rings (SSSR count). The predicted molar refractivity (Wildman–Crippen MR) is 69.9 cm³/mol. The molecule has 1 aromatic heterocycles. The third kappa shape index (κ3) is 2.28. The van der Waals surface area contributed by atoms with Crippen LogP contribution in [0.15, 0.2) is 24.3 Å². The minimum absolute atomic E-state index is 0.0273. The zero-order valence-corrected chi connectivity index (χ0v) is 11.1. The Bertz CT molecular complexity index is 706. The molecule has 4 nitrogen and oxygen atoms in total. The number of hydrogen-bond acceptors (Lipinski definition) is 2. The van der Waals surface area contributed by atoms with Gasteiger partial charge in [0.1, 0.15) is 0 Å². The summed E-state index contributed by atoms with van der Waals surface area (Å²) >= 11 is 0. The third-order valence-electron chi connectivity index (χ3n) is 3.63. The molecule has 2 N–H and O–H groups in total. The molecule has 0 saturated heterocycles. The molecule has 7 heteroatoms. The monoisotopic (exact) mass is 295 g/mol. The Hall–Kier alpha value is -2.31. The van der Waals surface area contributed by atoms with Crippen LogP contribution in [0, 0.1) is 6.92 Å². The molecule has 0 spiro atoms. The van der Waals surface area contributed by atoms with Gasteiger partial charge in [-0.3, -0.25) is 9.89 Å². The summed E-state index contributed by atoms with van der Waals surface area (Å²) in [5.41, 5.74) is 0.667. The van der Waals surface area contributed by atoms with Crippen molar-refractivity contribution in [3.05, 3.63) is 46.6 Å². The molecule has 0 fully saturated rings. The minimum Gasteiger partial charge on any atom is -0.309 e. The van der Waals surface area contributed by atoms with Crippen LogP contribution < -0.4 is 5.32 Å². The molecule has 0 aliphatic carbocycles. The Morgan fingerprint density at radius 1 is 1.29 bits per heavy atom. The summed E-state index contributed by atoms with van der Waals surface area (Å²) in [5.74, 6) is -0.674. The highest BCUT2D eigenvalue weighted by molar-refractivity contribution is 5.94. The average Bonchev–Trinajstić information content (AvgIpc) is 2.78. The van der Waals surface area contributed by atoms with E-state index in [0.717, 1.165) is 6.07 Å². The van der Waals surface area contributed by atoms with E-state index < -0.39 is 17.7 Å². The van der Waals surface area contributed by atoms with Crippen LogP contribution in [-0.4, -0.2) is 16.1 Å². The number of aromatic nitrogens is 2. The molecule has 0 radical (unpaired) electrons. The lowest BCUT2D eigenvalue weighted by atomic mass is 9.83. The summed E-state index contributed by atoms with van der Waals surface area (Å²) in [5, 5.41) is 9.22. The molecule has 0 saturated carbocycles. The number of nitrogens with zero attached hydrogens (tertiary/aromatic N) is 1. The van der Waals surface area contributed by atoms with Crippen LogP contribution in [0.3, 0.4) is 0 Å². The number of carbonyl (C=O) groups excluding carboxylic acids is 1. The fourth-order valence-corrected chi connectivity index (χ4v) is 2.75. The smallest absolute Gasteiger partial charge is 0.309 e. The highest BCUT2D eigenvalue weighted by atomic mass is 19.4. The first kappa shape index (κ1) is 13.7. The van der Waals surface area contributed by atoms with E-state index in [1.807, 2.05) is 0 Å². The van der Waals surface area contributed by atoms with Crippen molar-refractivity contribution in [2.24, 2.45) is 0 Å². The molecule has 1 aliphatic rings. The van der Waals surface area contributed by atoms with Crippen molar-refractivity contribution in [1.29, 1.82) is 0 Å². The van der Waals surface area contributed by atoms with Gasteiger partial charge in [-0.15, -0.1) is 0 Å². The zero-order valence-electron chi connectivity index (χ0n) is 11.1. The number of anilines is 1. The molecule has 1 aromatic carbocycles. The van der Waals surface area contributed by atoms with Crippen molar-refractivity contribution in [2.45, 2.75) is 25.4 Å². The Balaban J connectivity index is 2.18. The van der Waals surface area contributed by atoms with Gasteiger partial charge in [-0.05, 0) is 18.6 Å². The molecule has 21 heavy (non-hydrogen) atoms. The van der Waals surface area contributed by atoms with Crippen LogP contribution >= 0.6 is 0 Å². The van der Waals surface area contributed by atoms with Crippen LogP contribution in [0.5, 0.6) is 0 Å². The number of hydrogen-bond donors (Lipinski definition) is 2. The zero-order chi connectivity index (χ0) is 15.2. The maximum Gasteiger partial charge on any atom is 0.416 e. The summed E-state index contributed by atoms with van der Waals surface area (Å²) in [6.45, 7) is 1.73. The van der Waals surface area contributed by atoms with Gasteiger partial charge in [0.2, 0.25) is 5.91 Å². The van der Waals surface area contributed by atoms with E-state index in [2.05, 4.69) is 15.5 Å². The van der Waals surface area contributed by atoms with E-state index >= 15 is 0 Å². The van der Waals surface area contributed by atoms with E-state index in [1.165, 1.54) is 12.1 Å². The number of fused-ring (bicyclic) bond motifs is 1. The number of aryl methyl sites for hydroxylation is 1. The normalized spacial score (nSPS) is 18.3. The Morgan fingerprint density at radius 3 is 2.71 bits per heavy atom. The molecular weight excluding hydrogens is 283 g/mol. The second kappa shape index (κ2) is 4.61. The first-order valence-corrected chi connectivity index (χ1v) is 6.38. The van der Waals surface area contributed by atoms with Gasteiger partial charge in [-0.1, -0.05) is 18.2 Å². The van der Waals surface area contributed by atoms with E-state index in [1.54, 1.807) is 13.0 Å². The number of benzene rings is 1. The number of nitrogens with one attached hydrogen (secondary N) is 2. The summed E-state index contributed by atoms with van der Waals surface area (Å²) in [6.07, 6.45) is -4.48. The quantitative estimate of drug-likeness (QED) is 0.848. The Kier molecular flexibility index (Phi) is 3.00. The van der Waals surface area contributed by atoms with E-state index in [9.17, 15) is 18.0 Å². The second-order valence-corrected chi connectivity index (χ2v) is 5.00. The molecule has 2 heterocycles. The van der Waals surface area contributed by atoms with Gasteiger partial charge in [0.05, 0.1) is 5.56 Å². The molecule has 1 amide bonds. The molecule has 2 aromatic rings. The topological polar surface area (TPSA) is 57.8 Å². The highest BCUT2D eigenvalue weighted by Crippen LogP contribution is 2.43. The molecule has 1 atom stereocenters. The lowest BCUT2D eigenvalue weighted by Crippen LogP contribution is -2.25. The van der Waals surface area contributed by atoms with E-state index in [-0.39, 0.29) is 17.9 Å².